The van der Waals surface area contributed by atoms with Crippen molar-refractivity contribution >= 4 is 11.9 Å². The Morgan fingerprint density at radius 2 is 2.26 bits per heavy atom. The maximum absolute atomic E-state index is 12.0. The molecule has 0 aliphatic heterocycles. The van der Waals surface area contributed by atoms with Crippen LogP contribution in [0, 0.1) is 6.92 Å². The molecule has 1 atom stereocenters. The lowest BCUT2D eigenvalue weighted by molar-refractivity contribution is -0.139. The number of hydrogen-bond donors (Lipinski definition) is 2. The summed E-state index contributed by atoms with van der Waals surface area (Å²) >= 11 is 0. The molecule has 1 rings (SSSR count). The molecule has 0 aromatic carbocycles. The van der Waals surface area contributed by atoms with Crippen LogP contribution in [0.3, 0.4) is 0 Å². The van der Waals surface area contributed by atoms with Crippen LogP contribution in [0.15, 0.2) is 6.07 Å². The molecule has 0 aliphatic carbocycles. The third kappa shape index (κ3) is 4.36. The summed E-state index contributed by atoms with van der Waals surface area (Å²) in [6.45, 7) is 2.23. The van der Waals surface area contributed by atoms with Crippen molar-refractivity contribution in [1.29, 1.82) is 0 Å². The second kappa shape index (κ2) is 6.89. The van der Waals surface area contributed by atoms with E-state index in [0.29, 0.717) is 30.8 Å². The summed E-state index contributed by atoms with van der Waals surface area (Å²) in [5.41, 5.74) is 1.05. The molecule has 1 unspecified atom stereocenters. The Hall–Kier alpha value is -1.89. The highest BCUT2D eigenvalue weighted by Gasteiger charge is 2.21. The first-order chi connectivity index (χ1) is 8.95. The van der Waals surface area contributed by atoms with Crippen LogP contribution >= 0.6 is 0 Å². The molecule has 106 valence electrons. The summed E-state index contributed by atoms with van der Waals surface area (Å²) in [7, 11) is 3.19. The molecule has 0 fully saturated rings. The van der Waals surface area contributed by atoms with E-state index >= 15 is 0 Å². The van der Waals surface area contributed by atoms with E-state index in [-0.39, 0.29) is 0 Å². The second-order valence-corrected chi connectivity index (χ2v) is 4.29. The number of aliphatic carboxylic acids is 1. The number of methoxy groups -OCH3 is 1. The SMILES string of the molecule is COCCCC(NC(=O)c1cc(C)nn1C)C(=O)O. The van der Waals surface area contributed by atoms with Crippen molar-refractivity contribution in [2.75, 3.05) is 13.7 Å². The monoisotopic (exact) mass is 269 g/mol. The van der Waals surface area contributed by atoms with E-state index in [2.05, 4.69) is 10.4 Å². The number of aryl methyl sites for hydroxylation is 2. The van der Waals surface area contributed by atoms with Gasteiger partial charge in [-0.05, 0) is 25.8 Å². The number of aromatic nitrogens is 2. The fourth-order valence-corrected chi connectivity index (χ4v) is 1.74. The maximum atomic E-state index is 12.0. The molecular weight excluding hydrogens is 250 g/mol. The normalized spacial score (nSPS) is 12.2. The van der Waals surface area contributed by atoms with Crippen LogP contribution in [0.5, 0.6) is 0 Å². The summed E-state index contributed by atoms with van der Waals surface area (Å²) in [6.07, 6.45) is 0.893. The molecule has 0 radical (unpaired) electrons. The molecule has 1 heterocycles. The minimum atomic E-state index is -1.05. The number of rotatable bonds is 7. The topological polar surface area (TPSA) is 93.5 Å². The van der Waals surface area contributed by atoms with E-state index in [1.165, 1.54) is 4.68 Å². The average molecular weight is 269 g/mol. The zero-order chi connectivity index (χ0) is 14.4. The molecule has 1 amide bonds. The number of carbonyl (C=O) groups is 2. The summed E-state index contributed by atoms with van der Waals surface area (Å²) < 4.78 is 6.29. The Balaban J connectivity index is 2.66. The molecule has 0 aliphatic rings. The minimum absolute atomic E-state index is 0.325. The molecule has 19 heavy (non-hydrogen) atoms. The average Bonchev–Trinajstić information content (AvgIpc) is 2.67. The van der Waals surface area contributed by atoms with Crippen molar-refractivity contribution in [3.05, 3.63) is 17.5 Å². The fraction of sp³-hybridized carbons (Fsp3) is 0.583. The lowest BCUT2D eigenvalue weighted by Crippen LogP contribution is -2.41. The van der Waals surface area contributed by atoms with Crippen molar-refractivity contribution in [1.82, 2.24) is 15.1 Å². The summed E-state index contributed by atoms with van der Waals surface area (Å²) in [6, 6.07) is 0.696. The first-order valence-corrected chi connectivity index (χ1v) is 5.99. The lowest BCUT2D eigenvalue weighted by atomic mass is 10.1. The Bertz CT molecular complexity index is 456. The first-order valence-electron chi connectivity index (χ1n) is 5.99. The standard InChI is InChI=1S/C12H19N3O4/c1-8-7-10(15(2)14-8)11(16)13-9(12(17)18)5-4-6-19-3/h7,9H,4-6H2,1-3H3,(H,13,16)(H,17,18). The van der Waals surface area contributed by atoms with Gasteiger partial charge in [-0.3, -0.25) is 9.48 Å². The number of carboxylic acids is 1. The van der Waals surface area contributed by atoms with Crippen LogP contribution in [-0.4, -0.2) is 46.5 Å². The van der Waals surface area contributed by atoms with Crippen molar-refractivity contribution < 1.29 is 19.4 Å². The van der Waals surface area contributed by atoms with Gasteiger partial charge in [-0.1, -0.05) is 0 Å². The maximum Gasteiger partial charge on any atom is 0.326 e. The van der Waals surface area contributed by atoms with E-state index in [0.717, 1.165) is 0 Å². The van der Waals surface area contributed by atoms with Gasteiger partial charge in [0, 0.05) is 20.8 Å². The van der Waals surface area contributed by atoms with Crippen LogP contribution in [0.1, 0.15) is 29.0 Å². The first kappa shape index (κ1) is 15.2. The zero-order valence-electron chi connectivity index (χ0n) is 11.3. The molecule has 0 bridgehead atoms. The number of carbonyl (C=O) groups excluding carboxylic acids is 1. The molecule has 7 heteroatoms. The third-order valence-corrected chi connectivity index (χ3v) is 2.68. The molecule has 1 aromatic heterocycles. The molecule has 1 aromatic rings. The van der Waals surface area contributed by atoms with Crippen LogP contribution < -0.4 is 5.32 Å². The molecular formula is C12H19N3O4. The highest BCUT2D eigenvalue weighted by molar-refractivity contribution is 5.95. The molecule has 2 N–H and O–H groups in total. The predicted molar refractivity (Wildman–Crippen MR) is 67.9 cm³/mol. The van der Waals surface area contributed by atoms with Crippen LogP contribution in [0.2, 0.25) is 0 Å². The smallest absolute Gasteiger partial charge is 0.326 e. The van der Waals surface area contributed by atoms with Gasteiger partial charge in [0.2, 0.25) is 0 Å². The summed E-state index contributed by atoms with van der Waals surface area (Å²) in [5.74, 6) is -1.49. The van der Waals surface area contributed by atoms with E-state index in [1.54, 1.807) is 27.1 Å². The van der Waals surface area contributed by atoms with Crippen molar-refractivity contribution in [3.63, 3.8) is 0 Å². The van der Waals surface area contributed by atoms with E-state index in [9.17, 15) is 9.59 Å². The van der Waals surface area contributed by atoms with Gasteiger partial charge in [-0.2, -0.15) is 5.10 Å². The number of nitrogens with zero attached hydrogens (tertiary/aromatic N) is 2. The number of hydrogen-bond acceptors (Lipinski definition) is 4. The number of nitrogens with one attached hydrogen (secondary N) is 1. The minimum Gasteiger partial charge on any atom is -0.480 e. The largest absolute Gasteiger partial charge is 0.480 e. The van der Waals surface area contributed by atoms with Crippen molar-refractivity contribution in [3.8, 4) is 0 Å². The van der Waals surface area contributed by atoms with E-state index in [1.807, 2.05) is 0 Å². The Kier molecular flexibility index (Phi) is 5.50. The molecule has 0 saturated carbocycles. The molecule has 7 nitrogen and oxygen atoms in total. The quantitative estimate of drug-likeness (QED) is 0.696. The van der Waals surface area contributed by atoms with Gasteiger partial charge in [0.25, 0.3) is 5.91 Å². The highest BCUT2D eigenvalue weighted by atomic mass is 16.5. The van der Waals surface area contributed by atoms with E-state index < -0.39 is 17.9 Å². The number of carboxylic acid groups (broad SMARTS) is 1. The van der Waals surface area contributed by atoms with Gasteiger partial charge in [0.05, 0.1) is 5.69 Å². The Morgan fingerprint density at radius 1 is 1.58 bits per heavy atom. The van der Waals surface area contributed by atoms with Crippen LogP contribution in [-0.2, 0) is 16.6 Å². The van der Waals surface area contributed by atoms with Gasteiger partial charge in [-0.15, -0.1) is 0 Å². The number of amides is 1. The summed E-state index contributed by atoms with van der Waals surface area (Å²) in [5, 5.41) is 15.6. The highest BCUT2D eigenvalue weighted by Crippen LogP contribution is 2.04. The van der Waals surface area contributed by atoms with Crippen LogP contribution in [0.25, 0.3) is 0 Å². The zero-order valence-corrected chi connectivity index (χ0v) is 11.3. The second-order valence-electron chi connectivity index (χ2n) is 4.29. The van der Waals surface area contributed by atoms with Crippen molar-refractivity contribution in [2.45, 2.75) is 25.8 Å². The lowest BCUT2D eigenvalue weighted by Gasteiger charge is -2.14. The van der Waals surface area contributed by atoms with Gasteiger partial charge >= 0.3 is 5.97 Å². The fourth-order valence-electron chi connectivity index (χ4n) is 1.74. The van der Waals surface area contributed by atoms with Crippen molar-refractivity contribution in [2.24, 2.45) is 7.05 Å². The van der Waals surface area contributed by atoms with Gasteiger partial charge in [0.1, 0.15) is 11.7 Å². The number of ether oxygens (including phenoxy) is 1. The molecule has 0 spiro atoms. The van der Waals surface area contributed by atoms with E-state index in [4.69, 9.17) is 9.84 Å². The third-order valence-electron chi connectivity index (χ3n) is 2.68. The molecule has 0 saturated heterocycles. The van der Waals surface area contributed by atoms with Crippen LogP contribution in [0.4, 0.5) is 0 Å². The summed E-state index contributed by atoms with van der Waals surface area (Å²) in [4.78, 5) is 23.0. The van der Waals surface area contributed by atoms with Gasteiger partial charge in [-0.25, -0.2) is 4.79 Å². The van der Waals surface area contributed by atoms with Gasteiger partial charge < -0.3 is 15.2 Å². The Labute approximate surface area is 111 Å². The predicted octanol–water partition coefficient (Wildman–Crippen LogP) is 0.338. The van der Waals surface area contributed by atoms with Gasteiger partial charge in [0.15, 0.2) is 0 Å². The Morgan fingerprint density at radius 3 is 2.74 bits per heavy atom.